The maximum atomic E-state index is 6.04. The van der Waals surface area contributed by atoms with Crippen LogP contribution in [-0.4, -0.2) is 4.98 Å². The van der Waals surface area contributed by atoms with Gasteiger partial charge in [0.25, 0.3) is 0 Å². The summed E-state index contributed by atoms with van der Waals surface area (Å²) in [4.78, 5) is 4.59. The number of nitrogens with one attached hydrogen (secondary N) is 1. The highest BCUT2D eigenvalue weighted by Gasteiger charge is 2.39. The van der Waals surface area contributed by atoms with Crippen molar-refractivity contribution in [3.05, 3.63) is 59.5 Å². The molecule has 2 aliphatic rings. The third kappa shape index (κ3) is 1.98. The quantitative estimate of drug-likeness (QED) is 0.747. The van der Waals surface area contributed by atoms with E-state index in [1.54, 1.807) is 0 Å². The van der Waals surface area contributed by atoms with Crippen molar-refractivity contribution < 1.29 is 9.15 Å². The first-order chi connectivity index (χ1) is 11.3. The molecular formula is C19H18N2O2. The zero-order valence-corrected chi connectivity index (χ0v) is 13.0. The van der Waals surface area contributed by atoms with Crippen molar-refractivity contribution in [1.82, 2.24) is 4.98 Å². The third-order valence-electron chi connectivity index (χ3n) is 4.88. The van der Waals surface area contributed by atoms with Crippen molar-refractivity contribution in [3.8, 4) is 0 Å². The molecule has 0 aliphatic carbocycles. The molecule has 3 aromatic rings. The van der Waals surface area contributed by atoms with E-state index in [4.69, 9.17) is 9.15 Å². The van der Waals surface area contributed by atoms with Crippen molar-refractivity contribution in [2.75, 3.05) is 5.32 Å². The highest BCUT2D eigenvalue weighted by Crippen LogP contribution is 2.53. The van der Waals surface area contributed by atoms with Crippen LogP contribution in [0.25, 0.3) is 11.1 Å². The van der Waals surface area contributed by atoms with Crippen LogP contribution < -0.4 is 5.32 Å². The molecule has 1 fully saturated rings. The molecule has 3 unspecified atom stereocenters. The van der Waals surface area contributed by atoms with E-state index in [0.29, 0.717) is 5.89 Å². The van der Waals surface area contributed by atoms with E-state index in [1.807, 2.05) is 24.3 Å². The Morgan fingerprint density at radius 3 is 2.87 bits per heavy atom. The largest absolute Gasteiger partial charge is 0.438 e. The standard InChI is InChI=1S/C19H18N2O2/c1-11(19-21-13-6-2-3-8-16(13)23-19)20-14-7-4-5-12-15-9-10-17(22-15)18(12)14/h2-8,11,15,17,20H,9-10H2,1H3. The van der Waals surface area contributed by atoms with E-state index in [9.17, 15) is 0 Å². The SMILES string of the molecule is CC(Nc1cccc2c1C1CCC2O1)c1nc2ccccc2o1. The Morgan fingerprint density at radius 1 is 1.09 bits per heavy atom. The average Bonchev–Trinajstić information content (AvgIpc) is 3.29. The van der Waals surface area contributed by atoms with Gasteiger partial charge in [-0.25, -0.2) is 4.98 Å². The Balaban J connectivity index is 1.48. The molecular weight excluding hydrogens is 288 g/mol. The number of aromatic nitrogens is 1. The minimum absolute atomic E-state index is 0.00743. The van der Waals surface area contributed by atoms with Crippen molar-refractivity contribution in [1.29, 1.82) is 0 Å². The Kier molecular flexibility index (Phi) is 2.76. The summed E-state index contributed by atoms with van der Waals surface area (Å²) in [6, 6.07) is 14.3. The van der Waals surface area contributed by atoms with Gasteiger partial charge in [0.2, 0.25) is 5.89 Å². The van der Waals surface area contributed by atoms with Gasteiger partial charge in [-0.2, -0.15) is 0 Å². The number of hydrogen-bond donors (Lipinski definition) is 1. The lowest BCUT2D eigenvalue weighted by Crippen LogP contribution is -2.10. The number of ether oxygens (including phenoxy) is 1. The second-order valence-electron chi connectivity index (χ2n) is 6.39. The van der Waals surface area contributed by atoms with Gasteiger partial charge in [0.1, 0.15) is 11.6 Å². The van der Waals surface area contributed by atoms with Crippen LogP contribution >= 0.6 is 0 Å². The Morgan fingerprint density at radius 2 is 1.96 bits per heavy atom. The van der Waals surface area contributed by atoms with E-state index < -0.39 is 0 Å². The lowest BCUT2D eigenvalue weighted by Gasteiger charge is -2.19. The molecule has 1 saturated heterocycles. The van der Waals surface area contributed by atoms with E-state index >= 15 is 0 Å². The van der Waals surface area contributed by atoms with Crippen LogP contribution in [0.4, 0.5) is 5.69 Å². The number of benzene rings is 2. The highest BCUT2D eigenvalue weighted by molar-refractivity contribution is 5.72. The van der Waals surface area contributed by atoms with Crippen molar-refractivity contribution in [3.63, 3.8) is 0 Å². The average molecular weight is 306 g/mol. The topological polar surface area (TPSA) is 47.3 Å². The molecule has 4 heteroatoms. The van der Waals surface area contributed by atoms with Gasteiger partial charge >= 0.3 is 0 Å². The molecule has 3 heterocycles. The highest BCUT2D eigenvalue weighted by atomic mass is 16.5. The number of anilines is 1. The second-order valence-corrected chi connectivity index (χ2v) is 6.39. The number of para-hydroxylation sites is 2. The normalized spacial score (nSPS) is 23.2. The molecule has 23 heavy (non-hydrogen) atoms. The van der Waals surface area contributed by atoms with Crippen LogP contribution in [0.15, 0.2) is 46.9 Å². The van der Waals surface area contributed by atoms with Crippen LogP contribution in [0.3, 0.4) is 0 Å². The molecule has 1 N–H and O–H groups in total. The van der Waals surface area contributed by atoms with E-state index in [-0.39, 0.29) is 18.2 Å². The third-order valence-corrected chi connectivity index (χ3v) is 4.88. The van der Waals surface area contributed by atoms with Crippen LogP contribution in [0.2, 0.25) is 0 Å². The molecule has 5 rings (SSSR count). The summed E-state index contributed by atoms with van der Waals surface area (Å²) in [7, 11) is 0. The molecule has 1 aromatic heterocycles. The number of rotatable bonds is 3. The minimum Gasteiger partial charge on any atom is -0.438 e. The van der Waals surface area contributed by atoms with Crippen molar-refractivity contribution in [2.24, 2.45) is 0 Å². The molecule has 2 aliphatic heterocycles. The van der Waals surface area contributed by atoms with Gasteiger partial charge in [0.15, 0.2) is 5.58 Å². The first-order valence-corrected chi connectivity index (χ1v) is 8.20. The molecule has 0 amide bonds. The number of oxazole rings is 1. The summed E-state index contributed by atoms with van der Waals surface area (Å²) in [6.45, 7) is 2.08. The maximum Gasteiger partial charge on any atom is 0.217 e. The smallest absolute Gasteiger partial charge is 0.217 e. The van der Waals surface area contributed by atoms with Gasteiger partial charge in [-0.15, -0.1) is 0 Å². The molecule has 3 atom stereocenters. The lowest BCUT2D eigenvalue weighted by atomic mass is 9.90. The predicted octanol–water partition coefficient (Wildman–Crippen LogP) is 4.91. The molecule has 4 nitrogen and oxygen atoms in total. The van der Waals surface area contributed by atoms with Crippen molar-refractivity contribution >= 4 is 16.8 Å². The fraction of sp³-hybridized carbons (Fsp3) is 0.316. The van der Waals surface area contributed by atoms with Gasteiger partial charge in [-0.1, -0.05) is 24.3 Å². The van der Waals surface area contributed by atoms with E-state index in [2.05, 4.69) is 35.4 Å². The molecule has 2 aromatic carbocycles. The summed E-state index contributed by atoms with van der Waals surface area (Å²) in [5.41, 5.74) is 5.54. The summed E-state index contributed by atoms with van der Waals surface area (Å²) >= 11 is 0. The summed E-state index contributed by atoms with van der Waals surface area (Å²) in [5.74, 6) is 0.716. The van der Waals surface area contributed by atoms with E-state index in [0.717, 1.165) is 29.6 Å². The molecule has 116 valence electrons. The summed E-state index contributed by atoms with van der Waals surface area (Å²) < 4.78 is 11.9. The summed E-state index contributed by atoms with van der Waals surface area (Å²) in [5, 5.41) is 3.57. The van der Waals surface area contributed by atoms with Gasteiger partial charge in [-0.05, 0) is 43.5 Å². The van der Waals surface area contributed by atoms with E-state index in [1.165, 1.54) is 11.1 Å². The predicted molar refractivity (Wildman–Crippen MR) is 88.3 cm³/mol. The van der Waals surface area contributed by atoms with Crippen molar-refractivity contribution in [2.45, 2.75) is 38.0 Å². The lowest BCUT2D eigenvalue weighted by molar-refractivity contribution is 0.0718. The first-order valence-electron chi connectivity index (χ1n) is 8.20. The van der Waals surface area contributed by atoms with Crippen LogP contribution in [0, 0.1) is 0 Å². The minimum atomic E-state index is 0.00743. The zero-order valence-electron chi connectivity index (χ0n) is 13.0. The zero-order chi connectivity index (χ0) is 15.4. The molecule has 0 spiro atoms. The van der Waals surface area contributed by atoms with Crippen LogP contribution in [0.1, 0.15) is 55.0 Å². The Labute approximate surface area is 134 Å². The monoisotopic (exact) mass is 306 g/mol. The van der Waals surface area contributed by atoms with Crippen LogP contribution in [-0.2, 0) is 4.74 Å². The Hall–Kier alpha value is -2.33. The van der Waals surface area contributed by atoms with Crippen LogP contribution in [0.5, 0.6) is 0 Å². The summed E-state index contributed by atoms with van der Waals surface area (Å²) in [6.07, 6.45) is 2.79. The number of fused-ring (bicyclic) bond motifs is 6. The number of hydrogen-bond acceptors (Lipinski definition) is 4. The van der Waals surface area contributed by atoms with Gasteiger partial charge < -0.3 is 14.5 Å². The molecule has 0 saturated carbocycles. The molecule has 2 bridgehead atoms. The van der Waals surface area contributed by atoms with Gasteiger partial charge in [-0.3, -0.25) is 0 Å². The van der Waals surface area contributed by atoms with Gasteiger partial charge in [0, 0.05) is 11.3 Å². The second kappa shape index (κ2) is 4.83. The Bertz CT molecular complexity index is 853. The fourth-order valence-corrected chi connectivity index (χ4v) is 3.80. The maximum absolute atomic E-state index is 6.04. The fourth-order valence-electron chi connectivity index (χ4n) is 3.80. The number of nitrogens with zero attached hydrogens (tertiary/aromatic N) is 1. The van der Waals surface area contributed by atoms with Gasteiger partial charge in [0.05, 0.1) is 12.2 Å². The first kappa shape index (κ1) is 13.1. The molecule has 0 radical (unpaired) electrons.